The van der Waals surface area contributed by atoms with E-state index < -0.39 is 0 Å². The molecule has 0 N–H and O–H groups in total. The second-order valence-electron chi connectivity index (χ2n) is 7.41. The molecule has 1 aromatic heterocycles. The van der Waals surface area contributed by atoms with Gasteiger partial charge in [0, 0.05) is 25.0 Å². The van der Waals surface area contributed by atoms with Crippen LogP contribution in [0.2, 0.25) is 0 Å². The second kappa shape index (κ2) is 10.3. The third-order valence-electron chi connectivity index (χ3n) is 5.18. The number of pyridine rings is 1. The van der Waals surface area contributed by atoms with Crippen molar-refractivity contribution < 1.29 is 9.53 Å². The molecule has 1 aliphatic rings. The first-order valence-electron chi connectivity index (χ1n) is 10.4. The fourth-order valence-electron chi connectivity index (χ4n) is 3.55. The van der Waals surface area contributed by atoms with Gasteiger partial charge in [-0.2, -0.15) is 11.8 Å². The van der Waals surface area contributed by atoms with Crippen molar-refractivity contribution in [3.8, 4) is 5.88 Å². The molecule has 4 rings (SSSR count). The standard InChI is InChI=1S/C25H26N2O2S/c28-25(23-12-7-15-26-24(23)29-22-14-17-30-19-22)27(18-21-10-5-2-6-11-21)16-13-20-8-3-1-4-9-20/h1-12,15,22H,13-14,16-19H2. The van der Waals surface area contributed by atoms with Gasteiger partial charge in [0.05, 0.1) is 0 Å². The van der Waals surface area contributed by atoms with Gasteiger partial charge in [-0.05, 0) is 41.9 Å². The molecule has 5 heteroatoms. The minimum absolute atomic E-state index is 0.0384. The number of amides is 1. The molecule has 1 atom stereocenters. The van der Waals surface area contributed by atoms with E-state index in [0.717, 1.165) is 29.9 Å². The zero-order valence-corrected chi connectivity index (χ0v) is 17.8. The zero-order valence-electron chi connectivity index (χ0n) is 16.9. The Balaban J connectivity index is 1.55. The minimum Gasteiger partial charge on any atom is -0.473 e. The summed E-state index contributed by atoms with van der Waals surface area (Å²) in [6.45, 7) is 1.19. The van der Waals surface area contributed by atoms with Crippen molar-refractivity contribution in [2.75, 3.05) is 18.1 Å². The van der Waals surface area contributed by atoms with Gasteiger partial charge in [0.15, 0.2) is 0 Å². The van der Waals surface area contributed by atoms with Gasteiger partial charge < -0.3 is 9.64 Å². The van der Waals surface area contributed by atoms with Gasteiger partial charge >= 0.3 is 0 Å². The molecule has 0 bridgehead atoms. The number of thioether (sulfide) groups is 1. The quantitative estimate of drug-likeness (QED) is 0.524. The summed E-state index contributed by atoms with van der Waals surface area (Å²) in [7, 11) is 0. The molecule has 4 nitrogen and oxygen atoms in total. The third kappa shape index (κ3) is 5.42. The first kappa shape index (κ1) is 20.5. The van der Waals surface area contributed by atoms with E-state index in [1.54, 1.807) is 12.3 Å². The molecular weight excluding hydrogens is 392 g/mol. The summed E-state index contributed by atoms with van der Waals surface area (Å²) >= 11 is 1.88. The molecule has 30 heavy (non-hydrogen) atoms. The molecule has 154 valence electrons. The van der Waals surface area contributed by atoms with Crippen LogP contribution in [0, 0.1) is 0 Å². The predicted octanol–water partition coefficient (Wildman–Crippen LogP) is 4.85. The molecule has 1 saturated heterocycles. The van der Waals surface area contributed by atoms with Crippen molar-refractivity contribution in [3.05, 3.63) is 95.7 Å². The zero-order chi connectivity index (χ0) is 20.6. The Kier molecular flexibility index (Phi) is 7.03. The number of ether oxygens (including phenoxy) is 1. The van der Waals surface area contributed by atoms with Crippen LogP contribution in [-0.4, -0.2) is 39.9 Å². The van der Waals surface area contributed by atoms with Crippen LogP contribution in [0.5, 0.6) is 5.88 Å². The summed E-state index contributed by atoms with van der Waals surface area (Å²) < 4.78 is 6.11. The van der Waals surface area contributed by atoms with Crippen molar-refractivity contribution in [1.29, 1.82) is 0 Å². The highest BCUT2D eigenvalue weighted by molar-refractivity contribution is 7.99. The smallest absolute Gasteiger partial charge is 0.259 e. The molecule has 2 heterocycles. The summed E-state index contributed by atoms with van der Waals surface area (Å²) in [5.74, 6) is 2.46. The maximum absolute atomic E-state index is 13.6. The molecule has 0 spiro atoms. The topological polar surface area (TPSA) is 42.4 Å². The lowest BCUT2D eigenvalue weighted by molar-refractivity contribution is 0.0737. The maximum Gasteiger partial charge on any atom is 0.259 e. The monoisotopic (exact) mass is 418 g/mol. The van der Waals surface area contributed by atoms with Gasteiger partial charge in [0.1, 0.15) is 11.7 Å². The first-order chi connectivity index (χ1) is 14.8. The Morgan fingerprint density at radius 3 is 2.43 bits per heavy atom. The molecule has 0 aliphatic carbocycles. The normalized spacial score (nSPS) is 15.7. The number of benzene rings is 2. The lowest BCUT2D eigenvalue weighted by Gasteiger charge is -2.24. The lowest BCUT2D eigenvalue weighted by Crippen LogP contribution is -2.33. The van der Waals surface area contributed by atoms with Crippen LogP contribution in [0.15, 0.2) is 79.0 Å². The predicted molar refractivity (Wildman–Crippen MR) is 122 cm³/mol. The number of carbonyl (C=O) groups is 1. The van der Waals surface area contributed by atoms with E-state index in [4.69, 9.17) is 4.74 Å². The molecule has 1 fully saturated rings. The fourth-order valence-corrected chi connectivity index (χ4v) is 4.64. The van der Waals surface area contributed by atoms with Crippen molar-refractivity contribution in [2.24, 2.45) is 0 Å². The average Bonchev–Trinajstić information content (AvgIpc) is 3.31. The molecule has 0 radical (unpaired) electrons. The average molecular weight is 419 g/mol. The van der Waals surface area contributed by atoms with E-state index in [0.29, 0.717) is 24.5 Å². The highest BCUT2D eigenvalue weighted by atomic mass is 32.2. The van der Waals surface area contributed by atoms with Crippen LogP contribution in [0.25, 0.3) is 0 Å². The first-order valence-corrected chi connectivity index (χ1v) is 11.5. The summed E-state index contributed by atoms with van der Waals surface area (Å²) in [6, 6.07) is 24.0. The Bertz CT molecular complexity index is 944. The van der Waals surface area contributed by atoms with Gasteiger partial charge in [-0.1, -0.05) is 60.7 Å². The van der Waals surface area contributed by atoms with Gasteiger partial charge in [-0.3, -0.25) is 4.79 Å². The van der Waals surface area contributed by atoms with Gasteiger partial charge in [-0.15, -0.1) is 0 Å². The van der Waals surface area contributed by atoms with Gasteiger partial charge in [-0.25, -0.2) is 4.98 Å². The molecular formula is C25H26N2O2S. The second-order valence-corrected chi connectivity index (χ2v) is 8.56. The summed E-state index contributed by atoms with van der Waals surface area (Å²) in [5, 5.41) is 0. The number of aromatic nitrogens is 1. The van der Waals surface area contributed by atoms with E-state index in [-0.39, 0.29) is 12.0 Å². The molecule has 0 saturated carbocycles. The maximum atomic E-state index is 13.6. The third-order valence-corrected chi connectivity index (χ3v) is 6.32. The van der Waals surface area contributed by atoms with Crippen molar-refractivity contribution >= 4 is 17.7 Å². The molecule has 1 unspecified atom stereocenters. The summed E-state index contributed by atoms with van der Waals surface area (Å²) in [5.41, 5.74) is 2.87. The van der Waals surface area contributed by atoms with Crippen molar-refractivity contribution in [1.82, 2.24) is 9.88 Å². The van der Waals surface area contributed by atoms with Crippen LogP contribution >= 0.6 is 11.8 Å². The van der Waals surface area contributed by atoms with Gasteiger partial charge in [0.2, 0.25) is 5.88 Å². The number of carbonyl (C=O) groups excluding carboxylic acids is 1. The fraction of sp³-hybridized carbons (Fsp3) is 0.280. The van der Waals surface area contributed by atoms with E-state index >= 15 is 0 Å². The molecule has 1 amide bonds. The van der Waals surface area contributed by atoms with Crippen molar-refractivity contribution in [3.63, 3.8) is 0 Å². The van der Waals surface area contributed by atoms with Crippen LogP contribution < -0.4 is 4.74 Å². The highest BCUT2D eigenvalue weighted by Crippen LogP contribution is 2.25. The molecule has 3 aromatic rings. The van der Waals surface area contributed by atoms with E-state index in [1.165, 1.54) is 5.56 Å². The Labute approximate surface area is 182 Å². The van der Waals surface area contributed by atoms with Gasteiger partial charge in [0.25, 0.3) is 5.91 Å². The molecule has 1 aliphatic heterocycles. The Morgan fingerprint density at radius 1 is 1.00 bits per heavy atom. The summed E-state index contributed by atoms with van der Waals surface area (Å²) in [6.07, 6.45) is 3.62. The largest absolute Gasteiger partial charge is 0.473 e. The Hall–Kier alpha value is -2.79. The number of rotatable bonds is 8. The number of nitrogens with zero attached hydrogens (tertiary/aromatic N) is 2. The van der Waals surface area contributed by atoms with Crippen molar-refractivity contribution in [2.45, 2.75) is 25.5 Å². The van der Waals surface area contributed by atoms with Crippen LogP contribution in [0.3, 0.4) is 0 Å². The van der Waals surface area contributed by atoms with E-state index in [2.05, 4.69) is 29.2 Å². The molecule has 2 aromatic carbocycles. The minimum atomic E-state index is -0.0384. The van der Waals surface area contributed by atoms with Crippen LogP contribution in [0.1, 0.15) is 27.9 Å². The number of hydrogen-bond acceptors (Lipinski definition) is 4. The summed E-state index contributed by atoms with van der Waals surface area (Å²) in [4.78, 5) is 19.9. The van der Waals surface area contributed by atoms with E-state index in [1.807, 2.05) is 59.1 Å². The Morgan fingerprint density at radius 2 is 1.73 bits per heavy atom. The van der Waals surface area contributed by atoms with Crippen LogP contribution in [0.4, 0.5) is 0 Å². The highest BCUT2D eigenvalue weighted by Gasteiger charge is 2.24. The lowest BCUT2D eigenvalue weighted by atomic mass is 10.1. The SMILES string of the molecule is O=C(c1cccnc1OC1CCSC1)N(CCc1ccccc1)Cc1ccccc1. The number of hydrogen-bond donors (Lipinski definition) is 0. The van der Waals surface area contributed by atoms with Crippen LogP contribution in [-0.2, 0) is 13.0 Å². The van der Waals surface area contributed by atoms with E-state index in [9.17, 15) is 4.79 Å².